The van der Waals surface area contributed by atoms with Crippen LogP contribution in [0.3, 0.4) is 0 Å². The third-order valence-corrected chi connectivity index (χ3v) is 6.71. The molecule has 0 aliphatic heterocycles. The second-order valence-corrected chi connectivity index (χ2v) is 9.70. The van der Waals surface area contributed by atoms with E-state index < -0.39 is 29.6 Å². The maximum absolute atomic E-state index is 15.6. The number of halogens is 1. The first-order valence-corrected chi connectivity index (χ1v) is 13.5. The zero-order chi connectivity index (χ0) is 29.6. The van der Waals surface area contributed by atoms with Crippen LogP contribution in [-0.2, 0) is 30.4 Å². The molecule has 2 aromatic carbocycles. The number of nitrogens with one attached hydrogen (secondary N) is 3. The maximum Gasteiger partial charge on any atom is 0.328 e. The average Bonchev–Trinajstić information content (AvgIpc) is 2.94. The van der Waals surface area contributed by atoms with E-state index in [1.165, 1.54) is 6.08 Å². The summed E-state index contributed by atoms with van der Waals surface area (Å²) in [5, 5.41) is 7.82. The lowest BCUT2D eigenvalue weighted by Crippen LogP contribution is -2.50. The number of alkyl halides is 1. The second kappa shape index (κ2) is 12.8. The first kappa shape index (κ1) is 29.4. The van der Waals surface area contributed by atoms with Gasteiger partial charge in [0.05, 0.1) is 24.1 Å². The minimum Gasteiger partial charge on any atom is -0.466 e. The zero-order valence-corrected chi connectivity index (χ0v) is 23.2. The Hall–Kier alpha value is -4.54. The molecule has 1 heterocycles. The third-order valence-electron chi connectivity index (χ3n) is 6.71. The van der Waals surface area contributed by atoms with E-state index in [-0.39, 0.29) is 38.0 Å². The number of nitrogens with zero attached hydrogens (tertiary/aromatic N) is 1. The van der Waals surface area contributed by atoms with Crippen LogP contribution < -0.4 is 16.2 Å². The van der Waals surface area contributed by atoms with Crippen molar-refractivity contribution in [2.75, 3.05) is 13.2 Å². The molecular formula is C30H33FN4O6. The molecule has 0 saturated carbocycles. The lowest BCUT2D eigenvalue weighted by Gasteiger charge is -2.26. The molecule has 10 nitrogen and oxygen atoms in total. The third kappa shape index (κ3) is 6.97. The van der Waals surface area contributed by atoms with Crippen molar-refractivity contribution in [3.63, 3.8) is 0 Å². The number of benzene rings is 2. The maximum atomic E-state index is 15.6. The quantitative estimate of drug-likeness (QED) is 0.238. The van der Waals surface area contributed by atoms with E-state index in [1.54, 1.807) is 26.8 Å². The molecule has 3 aromatic rings. The average molecular weight is 565 g/mol. The molecule has 41 heavy (non-hydrogen) atoms. The van der Waals surface area contributed by atoms with Gasteiger partial charge in [-0.2, -0.15) is 0 Å². The van der Waals surface area contributed by atoms with E-state index in [0.29, 0.717) is 29.0 Å². The predicted molar refractivity (Wildman–Crippen MR) is 152 cm³/mol. The van der Waals surface area contributed by atoms with Crippen molar-refractivity contribution in [1.29, 1.82) is 0 Å². The Morgan fingerprint density at radius 3 is 2.61 bits per heavy atom. The highest BCUT2D eigenvalue weighted by molar-refractivity contribution is 6.05. The van der Waals surface area contributed by atoms with Gasteiger partial charge >= 0.3 is 11.9 Å². The summed E-state index contributed by atoms with van der Waals surface area (Å²) in [4.78, 5) is 56.7. The lowest BCUT2D eigenvalue weighted by atomic mass is 9.94. The second-order valence-electron chi connectivity index (χ2n) is 9.70. The molecule has 0 spiro atoms. The number of allylic oxidation sites excluding steroid dienone is 2. The molecule has 1 unspecified atom stereocenters. The minimum atomic E-state index is -2.38. The number of aryl methyl sites for hydroxylation is 1. The van der Waals surface area contributed by atoms with Crippen LogP contribution in [0.2, 0.25) is 0 Å². The Bertz CT molecular complexity index is 1600. The topological polar surface area (TPSA) is 139 Å². The fourth-order valence-electron chi connectivity index (χ4n) is 4.62. The summed E-state index contributed by atoms with van der Waals surface area (Å²) in [7, 11) is 0. The molecule has 4 rings (SSSR count). The number of rotatable bonds is 11. The Morgan fingerprint density at radius 2 is 1.90 bits per heavy atom. The number of ether oxygens (including phenoxy) is 2. The van der Waals surface area contributed by atoms with Crippen LogP contribution >= 0.6 is 0 Å². The number of fused-ring (bicyclic) bond motifs is 3. The Morgan fingerprint density at radius 1 is 1.15 bits per heavy atom. The Balaban J connectivity index is 1.41. The number of carbonyl (C=O) groups is 3. The molecule has 0 radical (unpaired) electrons. The summed E-state index contributed by atoms with van der Waals surface area (Å²) in [6.07, 6.45) is 3.71. The summed E-state index contributed by atoms with van der Waals surface area (Å²) in [5.74, 6) is -1.73. The smallest absolute Gasteiger partial charge is 0.328 e. The molecule has 1 aromatic heterocycles. The van der Waals surface area contributed by atoms with E-state index in [0.717, 1.165) is 22.4 Å². The van der Waals surface area contributed by atoms with Gasteiger partial charge in [-0.25, -0.2) is 14.2 Å². The van der Waals surface area contributed by atoms with Crippen molar-refractivity contribution in [2.24, 2.45) is 0 Å². The van der Waals surface area contributed by atoms with Crippen molar-refractivity contribution >= 4 is 39.5 Å². The lowest BCUT2D eigenvalue weighted by molar-refractivity contribution is -0.149. The molecule has 216 valence electrons. The highest BCUT2D eigenvalue weighted by Gasteiger charge is 2.39. The Kier molecular flexibility index (Phi) is 9.16. The van der Waals surface area contributed by atoms with E-state index in [1.807, 2.05) is 30.3 Å². The largest absolute Gasteiger partial charge is 0.466 e. The molecule has 2 atom stereocenters. The van der Waals surface area contributed by atoms with Crippen molar-refractivity contribution in [2.45, 2.75) is 58.3 Å². The van der Waals surface area contributed by atoms with E-state index >= 15 is 4.39 Å². The van der Waals surface area contributed by atoms with Gasteiger partial charge in [-0.3, -0.25) is 14.4 Å². The molecule has 1 aliphatic rings. The van der Waals surface area contributed by atoms with Crippen molar-refractivity contribution in [1.82, 2.24) is 20.6 Å². The van der Waals surface area contributed by atoms with Gasteiger partial charge in [-0.15, -0.1) is 0 Å². The molecule has 0 saturated heterocycles. The van der Waals surface area contributed by atoms with Crippen LogP contribution in [0.15, 0.2) is 59.1 Å². The van der Waals surface area contributed by atoms with Crippen molar-refractivity contribution in [3.8, 4) is 0 Å². The highest BCUT2D eigenvalue weighted by atomic mass is 19.1. The molecule has 0 bridgehead atoms. The van der Waals surface area contributed by atoms with Crippen LogP contribution in [0.5, 0.6) is 0 Å². The number of amides is 1. The van der Waals surface area contributed by atoms with Crippen LogP contribution in [0, 0.1) is 6.92 Å². The van der Waals surface area contributed by atoms with Crippen LogP contribution in [-0.4, -0.2) is 52.7 Å². The summed E-state index contributed by atoms with van der Waals surface area (Å²) >= 11 is 0. The Labute approximate surface area is 236 Å². The summed E-state index contributed by atoms with van der Waals surface area (Å²) < 4.78 is 25.4. The van der Waals surface area contributed by atoms with Gasteiger partial charge in [0.1, 0.15) is 11.9 Å². The fraction of sp³-hybridized carbons (Fsp3) is 0.367. The number of esters is 2. The van der Waals surface area contributed by atoms with Gasteiger partial charge in [0.15, 0.2) is 0 Å². The van der Waals surface area contributed by atoms with Crippen molar-refractivity contribution in [3.05, 3.63) is 76.0 Å². The van der Waals surface area contributed by atoms with E-state index in [4.69, 9.17) is 9.47 Å². The highest BCUT2D eigenvalue weighted by Crippen LogP contribution is 2.26. The molecule has 0 fully saturated rings. The number of carbonyl (C=O) groups excluding carboxylic acids is 3. The SMILES string of the molecule is CCOC(=O)CC[C@H](NC(=O)C1(F)C=CC(NCc2ccc3ccc4nc(C)[nH]c(=O)c4c3c2)=CC1)C(=O)OCC. The fourth-order valence-corrected chi connectivity index (χ4v) is 4.62. The van der Waals surface area contributed by atoms with Crippen LogP contribution in [0.1, 0.15) is 44.5 Å². The standard InChI is InChI=1S/C30H33FN4O6/c1-4-40-25(36)11-10-24(28(38)41-5-2)35-29(39)30(31)14-12-21(13-15-30)32-17-19-6-7-20-8-9-23-26(22(20)16-19)27(37)34-18(3)33-23/h6-9,12-14,16,24,32H,4-5,10-11,15,17H2,1-3H3,(H,35,39)(H,33,34,37)/t24-,30?/m0/s1. The summed E-state index contributed by atoms with van der Waals surface area (Å²) in [5.41, 5.74) is -0.458. The minimum absolute atomic E-state index is 0.0730. The molecule has 1 amide bonds. The van der Waals surface area contributed by atoms with E-state index in [2.05, 4.69) is 20.6 Å². The monoisotopic (exact) mass is 564 g/mol. The first-order chi connectivity index (χ1) is 19.6. The molecule has 11 heteroatoms. The van der Waals surface area contributed by atoms with Gasteiger partial charge in [-0.1, -0.05) is 24.3 Å². The van der Waals surface area contributed by atoms with Crippen molar-refractivity contribution < 1.29 is 28.2 Å². The summed E-state index contributed by atoms with van der Waals surface area (Å²) in [6.45, 7) is 5.65. The zero-order valence-electron chi connectivity index (χ0n) is 23.2. The van der Waals surface area contributed by atoms with Gasteiger partial charge in [-0.05, 0) is 67.8 Å². The molecule has 3 N–H and O–H groups in total. The van der Waals surface area contributed by atoms with Gasteiger partial charge in [0.25, 0.3) is 11.5 Å². The van der Waals surface area contributed by atoms with Crippen LogP contribution in [0.4, 0.5) is 4.39 Å². The number of hydrogen-bond acceptors (Lipinski definition) is 8. The molecule has 1 aliphatic carbocycles. The van der Waals surface area contributed by atoms with Gasteiger partial charge in [0, 0.05) is 25.1 Å². The van der Waals surface area contributed by atoms with Gasteiger partial charge in [0.2, 0.25) is 5.67 Å². The molecular weight excluding hydrogens is 531 g/mol. The number of aromatic amines is 1. The first-order valence-electron chi connectivity index (χ1n) is 13.5. The van der Waals surface area contributed by atoms with E-state index in [9.17, 15) is 19.2 Å². The predicted octanol–water partition coefficient (Wildman–Crippen LogP) is 3.42. The number of H-pyrrole nitrogens is 1. The van der Waals surface area contributed by atoms with Gasteiger partial charge < -0.3 is 25.1 Å². The normalized spacial score (nSPS) is 17.1. The van der Waals surface area contributed by atoms with Crippen LogP contribution in [0.25, 0.3) is 21.7 Å². The summed E-state index contributed by atoms with van der Waals surface area (Å²) in [6, 6.07) is 8.33. The number of hydrogen-bond donors (Lipinski definition) is 3. The number of aromatic nitrogens is 2.